The first-order valence-corrected chi connectivity index (χ1v) is 10.4. The number of fused-ring (bicyclic) bond motifs is 1. The number of rotatable bonds is 9. The van der Waals surface area contributed by atoms with Crippen LogP contribution in [0.5, 0.6) is 0 Å². The fraction of sp³-hybridized carbons (Fsp3) is 0.308. The number of ketones is 1. The van der Waals surface area contributed by atoms with Crippen LogP contribution in [0, 0.1) is 6.92 Å². The normalized spacial score (nSPS) is 10.8. The lowest BCUT2D eigenvalue weighted by atomic mass is 9.92. The Bertz CT molecular complexity index is 999. The first-order chi connectivity index (χ1) is 14.1. The molecule has 0 spiro atoms. The highest BCUT2D eigenvalue weighted by Crippen LogP contribution is 2.27. The lowest BCUT2D eigenvalue weighted by Crippen LogP contribution is -2.10. The molecule has 3 nitrogen and oxygen atoms in total. The van der Waals surface area contributed by atoms with Gasteiger partial charge in [-0.1, -0.05) is 87.2 Å². The van der Waals surface area contributed by atoms with Crippen molar-refractivity contribution >= 4 is 22.5 Å². The van der Waals surface area contributed by atoms with Gasteiger partial charge in [0.25, 0.3) is 0 Å². The molecule has 0 fully saturated rings. The zero-order valence-electron chi connectivity index (χ0n) is 17.2. The van der Waals surface area contributed by atoms with Crippen LogP contribution in [-0.2, 0) is 4.74 Å². The third-order valence-electron chi connectivity index (χ3n) is 5.24. The average Bonchev–Trinajstić information content (AvgIpc) is 2.75. The predicted octanol–water partition coefficient (Wildman–Crippen LogP) is 6.51. The second-order valence-electron chi connectivity index (χ2n) is 7.40. The van der Waals surface area contributed by atoms with Crippen molar-refractivity contribution < 1.29 is 14.3 Å². The van der Waals surface area contributed by atoms with Gasteiger partial charge in [-0.05, 0) is 30.4 Å². The van der Waals surface area contributed by atoms with Crippen LogP contribution in [0.2, 0.25) is 0 Å². The van der Waals surface area contributed by atoms with E-state index in [2.05, 4.69) is 6.92 Å². The zero-order chi connectivity index (χ0) is 20.6. The molecule has 3 rings (SSSR count). The van der Waals surface area contributed by atoms with Crippen LogP contribution in [0.1, 0.15) is 70.9 Å². The maximum atomic E-state index is 13.3. The van der Waals surface area contributed by atoms with Gasteiger partial charge in [-0.2, -0.15) is 0 Å². The number of unbranched alkanes of at least 4 members (excludes halogenated alkanes) is 4. The summed E-state index contributed by atoms with van der Waals surface area (Å²) < 4.78 is 5.53. The molecule has 0 radical (unpaired) electrons. The lowest BCUT2D eigenvalue weighted by molar-refractivity contribution is 0.0500. The topological polar surface area (TPSA) is 43.4 Å². The molecule has 0 bridgehead atoms. The van der Waals surface area contributed by atoms with Crippen molar-refractivity contribution in [3.8, 4) is 0 Å². The number of hydrogen-bond acceptors (Lipinski definition) is 3. The SMILES string of the molecule is CCCCCCCOC(=O)c1cccc2cccc(C(=O)c3ccccc3C)c12. The molecule has 29 heavy (non-hydrogen) atoms. The maximum absolute atomic E-state index is 13.3. The van der Waals surface area contributed by atoms with Gasteiger partial charge in [0, 0.05) is 16.5 Å². The third kappa shape index (κ3) is 4.92. The Balaban J connectivity index is 1.88. The van der Waals surface area contributed by atoms with Gasteiger partial charge in [0.15, 0.2) is 5.78 Å². The van der Waals surface area contributed by atoms with E-state index in [4.69, 9.17) is 4.74 Å². The predicted molar refractivity (Wildman–Crippen MR) is 118 cm³/mol. The largest absolute Gasteiger partial charge is 0.462 e. The number of carbonyl (C=O) groups excluding carboxylic acids is 2. The van der Waals surface area contributed by atoms with Gasteiger partial charge in [-0.15, -0.1) is 0 Å². The highest BCUT2D eigenvalue weighted by molar-refractivity contribution is 6.20. The fourth-order valence-electron chi connectivity index (χ4n) is 3.62. The molecule has 0 unspecified atom stereocenters. The summed E-state index contributed by atoms with van der Waals surface area (Å²) in [5, 5.41) is 1.53. The van der Waals surface area contributed by atoms with E-state index in [1.807, 2.05) is 55.5 Å². The van der Waals surface area contributed by atoms with Gasteiger partial charge in [0.2, 0.25) is 0 Å². The number of hydrogen-bond donors (Lipinski definition) is 0. The van der Waals surface area contributed by atoms with Crippen molar-refractivity contribution in [3.05, 3.63) is 82.9 Å². The van der Waals surface area contributed by atoms with Gasteiger partial charge in [-0.25, -0.2) is 4.79 Å². The monoisotopic (exact) mass is 388 g/mol. The molecule has 0 aliphatic heterocycles. The second kappa shape index (κ2) is 10.0. The van der Waals surface area contributed by atoms with Crippen LogP contribution in [-0.4, -0.2) is 18.4 Å². The molecule has 150 valence electrons. The van der Waals surface area contributed by atoms with E-state index >= 15 is 0 Å². The molecule has 3 aromatic carbocycles. The molecular weight excluding hydrogens is 360 g/mol. The van der Waals surface area contributed by atoms with Crippen molar-refractivity contribution in [1.29, 1.82) is 0 Å². The Hall–Kier alpha value is -2.94. The van der Waals surface area contributed by atoms with E-state index < -0.39 is 0 Å². The van der Waals surface area contributed by atoms with E-state index in [0.29, 0.717) is 28.7 Å². The second-order valence-corrected chi connectivity index (χ2v) is 7.40. The van der Waals surface area contributed by atoms with E-state index in [-0.39, 0.29) is 11.8 Å². The summed E-state index contributed by atoms with van der Waals surface area (Å²) in [4.78, 5) is 26.1. The first-order valence-electron chi connectivity index (χ1n) is 10.4. The van der Waals surface area contributed by atoms with Crippen LogP contribution in [0.25, 0.3) is 10.8 Å². The molecule has 0 N–H and O–H groups in total. The molecule has 0 aliphatic carbocycles. The molecule has 0 atom stereocenters. The number of carbonyl (C=O) groups is 2. The highest BCUT2D eigenvalue weighted by atomic mass is 16.5. The molecule has 3 heteroatoms. The average molecular weight is 389 g/mol. The summed E-state index contributed by atoms with van der Waals surface area (Å²) in [6.45, 7) is 4.51. The van der Waals surface area contributed by atoms with Gasteiger partial charge in [-0.3, -0.25) is 4.79 Å². The highest BCUT2D eigenvalue weighted by Gasteiger charge is 2.19. The van der Waals surface area contributed by atoms with Crippen molar-refractivity contribution in [2.75, 3.05) is 6.61 Å². The maximum Gasteiger partial charge on any atom is 0.338 e. The van der Waals surface area contributed by atoms with E-state index in [0.717, 1.165) is 30.2 Å². The minimum atomic E-state index is -0.365. The van der Waals surface area contributed by atoms with Gasteiger partial charge in [0.1, 0.15) is 0 Å². The minimum absolute atomic E-state index is 0.0754. The lowest BCUT2D eigenvalue weighted by Gasteiger charge is -2.12. The van der Waals surface area contributed by atoms with Crippen LogP contribution in [0.4, 0.5) is 0 Å². The first kappa shape index (κ1) is 20.8. The van der Waals surface area contributed by atoms with E-state index in [1.54, 1.807) is 12.1 Å². The van der Waals surface area contributed by atoms with Crippen molar-refractivity contribution in [2.45, 2.75) is 46.0 Å². The fourth-order valence-corrected chi connectivity index (χ4v) is 3.62. The smallest absolute Gasteiger partial charge is 0.338 e. The molecule has 3 aromatic rings. The van der Waals surface area contributed by atoms with E-state index in [9.17, 15) is 9.59 Å². The molecule has 0 saturated carbocycles. The van der Waals surface area contributed by atoms with Crippen LogP contribution < -0.4 is 0 Å². The van der Waals surface area contributed by atoms with Crippen LogP contribution in [0.15, 0.2) is 60.7 Å². The number of esters is 1. The minimum Gasteiger partial charge on any atom is -0.462 e. The van der Waals surface area contributed by atoms with Gasteiger partial charge < -0.3 is 4.74 Å². The number of benzene rings is 3. The Morgan fingerprint density at radius 3 is 2.14 bits per heavy atom. The summed E-state index contributed by atoms with van der Waals surface area (Å²) in [6, 6.07) is 18.6. The number of ether oxygens (including phenoxy) is 1. The molecule has 0 heterocycles. The zero-order valence-corrected chi connectivity index (χ0v) is 17.2. The summed E-state index contributed by atoms with van der Waals surface area (Å²) >= 11 is 0. The standard InChI is InChI=1S/C26H28O3/c1-3-4-5-6-9-18-29-26(28)23-17-11-14-20-13-10-16-22(24(20)23)25(27)21-15-8-7-12-19(21)2/h7-8,10-17H,3-6,9,18H2,1-2H3. The molecule has 0 amide bonds. The van der Waals surface area contributed by atoms with Gasteiger partial charge in [0.05, 0.1) is 12.2 Å². The quantitative estimate of drug-likeness (QED) is 0.238. The summed E-state index contributed by atoms with van der Waals surface area (Å²) in [5.74, 6) is -0.440. The molecule has 0 aliphatic rings. The van der Waals surface area contributed by atoms with Crippen molar-refractivity contribution in [3.63, 3.8) is 0 Å². The summed E-state index contributed by atoms with van der Waals surface area (Å²) in [7, 11) is 0. The molecule has 0 saturated heterocycles. The van der Waals surface area contributed by atoms with Gasteiger partial charge >= 0.3 is 5.97 Å². The Morgan fingerprint density at radius 2 is 1.41 bits per heavy atom. The summed E-state index contributed by atoms with van der Waals surface area (Å²) in [5.41, 5.74) is 2.56. The van der Waals surface area contributed by atoms with Crippen molar-refractivity contribution in [1.82, 2.24) is 0 Å². The van der Waals surface area contributed by atoms with Crippen LogP contribution in [0.3, 0.4) is 0 Å². The Kier molecular flexibility index (Phi) is 7.18. The van der Waals surface area contributed by atoms with Crippen molar-refractivity contribution in [2.24, 2.45) is 0 Å². The van der Waals surface area contributed by atoms with Crippen LogP contribution >= 0.6 is 0 Å². The Labute approximate surface area is 172 Å². The Morgan fingerprint density at radius 1 is 0.759 bits per heavy atom. The molecule has 0 aromatic heterocycles. The third-order valence-corrected chi connectivity index (χ3v) is 5.24. The number of aryl methyl sites for hydroxylation is 1. The van der Waals surface area contributed by atoms with E-state index in [1.165, 1.54) is 12.8 Å². The summed E-state index contributed by atoms with van der Waals surface area (Å²) in [6.07, 6.45) is 5.49. The molecular formula is C26H28O3.